The van der Waals surface area contributed by atoms with E-state index in [9.17, 15) is 4.79 Å². The van der Waals surface area contributed by atoms with E-state index in [4.69, 9.17) is 9.47 Å². The summed E-state index contributed by atoms with van der Waals surface area (Å²) in [6, 6.07) is 13.6. The minimum atomic E-state index is 0.0407. The summed E-state index contributed by atoms with van der Waals surface area (Å²) < 4.78 is 14.0. The maximum absolute atomic E-state index is 13.2. The fourth-order valence-corrected chi connectivity index (χ4v) is 4.08. The van der Waals surface area contributed by atoms with Crippen molar-refractivity contribution in [3.05, 3.63) is 63.4 Å². The number of nitrogens with zero attached hydrogens (tertiary/aromatic N) is 2. The van der Waals surface area contributed by atoms with Gasteiger partial charge in [0.15, 0.2) is 5.78 Å². The number of hydrogen-bond donors (Lipinski definition) is 0. The highest BCUT2D eigenvalue weighted by molar-refractivity contribution is 14.1. The zero-order chi connectivity index (χ0) is 19.5. The quantitative estimate of drug-likeness (QED) is 0.390. The van der Waals surface area contributed by atoms with Gasteiger partial charge in [-0.3, -0.25) is 9.69 Å². The van der Waals surface area contributed by atoms with Crippen molar-refractivity contribution in [3.8, 4) is 5.75 Å². The molecule has 6 heteroatoms. The van der Waals surface area contributed by atoms with Crippen molar-refractivity contribution in [3.63, 3.8) is 0 Å². The minimum absolute atomic E-state index is 0.0407. The molecule has 0 spiro atoms. The Morgan fingerprint density at radius 1 is 1.11 bits per heavy atom. The molecule has 2 heterocycles. The van der Waals surface area contributed by atoms with Crippen LogP contribution in [0.1, 0.15) is 15.9 Å². The first-order chi connectivity index (χ1) is 13.7. The van der Waals surface area contributed by atoms with Crippen LogP contribution in [0.3, 0.4) is 0 Å². The Kier molecular flexibility index (Phi) is 5.99. The summed E-state index contributed by atoms with van der Waals surface area (Å²) in [5, 5.41) is 1.00. The Hall–Kier alpha value is -1.90. The minimum Gasteiger partial charge on any atom is -0.497 e. The number of aromatic nitrogens is 1. The molecule has 1 saturated heterocycles. The molecular formula is C22H23IN2O3. The maximum atomic E-state index is 13.2. The van der Waals surface area contributed by atoms with Gasteiger partial charge in [-0.2, -0.15) is 0 Å². The molecule has 0 aliphatic carbocycles. The van der Waals surface area contributed by atoms with Crippen LogP contribution in [-0.4, -0.2) is 55.2 Å². The predicted octanol–water partition coefficient (Wildman–Crippen LogP) is 3.82. The highest BCUT2D eigenvalue weighted by Gasteiger charge is 2.18. The molecule has 1 fully saturated rings. The first-order valence-electron chi connectivity index (χ1n) is 9.43. The second-order valence-corrected chi connectivity index (χ2v) is 8.15. The van der Waals surface area contributed by atoms with Gasteiger partial charge in [0.05, 0.1) is 20.3 Å². The third kappa shape index (κ3) is 4.09. The number of halogens is 1. The highest BCUT2D eigenvalue weighted by atomic mass is 127. The molecular weight excluding hydrogens is 467 g/mol. The van der Waals surface area contributed by atoms with Crippen molar-refractivity contribution in [1.29, 1.82) is 0 Å². The first-order valence-corrected chi connectivity index (χ1v) is 10.5. The molecule has 0 amide bonds. The molecule has 5 nitrogen and oxygen atoms in total. The lowest BCUT2D eigenvalue weighted by molar-refractivity contribution is 0.0365. The molecule has 2 aromatic carbocycles. The van der Waals surface area contributed by atoms with Gasteiger partial charge in [0.25, 0.3) is 0 Å². The van der Waals surface area contributed by atoms with Gasteiger partial charge in [-0.25, -0.2) is 0 Å². The average molecular weight is 490 g/mol. The molecule has 28 heavy (non-hydrogen) atoms. The number of methoxy groups -OCH3 is 1. The number of carbonyl (C=O) groups excluding carboxylic acids is 1. The zero-order valence-corrected chi connectivity index (χ0v) is 18.0. The first kappa shape index (κ1) is 19.4. The number of ether oxygens (including phenoxy) is 2. The standard InChI is InChI=1S/C22H23IN2O3/c1-27-18-5-2-16(3-6-18)22(26)20-15-25(9-8-24-10-12-28-13-11-24)21-14-17(23)4-7-19(20)21/h2-7,14-15H,8-13H2,1H3. The number of carbonyl (C=O) groups is 1. The van der Waals surface area contributed by atoms with Gasteiger partial charge in [-0.1, -0.05) is 6.07 Å². The molecule has 1 aromatic heterocycles. The Morgan fingerprint density at radius 2 is 1.86 bits per heavy atom. The summed E-state index contributed by atoms with van der Waals surface area (Å²) in [6.45, 7) is 5.33. The van der Waals surface area contributed by atoms with Crippen LogP contribution in [0.2, 0.25) is 0 Å². The summed E-state index contributed by atoms with van der Waals surface area (Å²) >= 11 is 2.32. The zero-order valence-electron chi connectivity index (χ0n) is 15.9. The van der Waals surface area contributed by atoms with Crippen molar-refractivity contribution in [2.45, 2.75) is 6.54 Å². The van der Waals surface area contributed by atoms with E-state index in [1.807, 2.05) is 30.5 Å². The number of benzene rings is 2. The van der Waals surface area contributed by atoms with E-state index in [1.54, 1.807) is 7.11 Å². The summed E-state index contributed by atoms with van der Waals surface area (Å²) in [5.74, 6) is 0.790. The van der Waals surface area contributed by atoms with E-state index < -0.39 is 0 Å². The maximum Gasteiger partial charge on any atom is 0.195 e. The van der Waals surface area contributed by atoms with Crippen LogP contribution in [0.25, 0.3) is 10.9 Å². The third-order valence-corrected chi connectivity index (χ3v) is 5.87. The Labute approximate surface area is 178 Å². The van der Waals surface area contributed by atoms with Crippen LogP contribution < -0.4 is 4.74 Å². The molecule has 0 N–H and O–H groups in total. The van der Waals surface area contributed by atoms with E-state index in [0.717, 1.165) is 61.6 Å². The second-order valence-electron chi connectivity index (χ2n) is 6.91. The van der Waals surface area contributed by atoms with Gasteiger partial charge < -0.3 is 14.0 Å². The molecule has 0 atom stereocenters. The lowest BCUT2D eigenvalue weighted by Gasteiger charge is -2.26. The van der Waals surface area contributed by atoms with Gasteiger partial charge in [0.2, 0.25) is 0 Å². The molecule has 146 valence electrons. The lowest BCUT2D eigenvalue weighted by atomic mass is 10.0. The van der Waals surface area contributed by atoms with Crippen molar-refractivity contribution in [2.75, 3.05) is 40.0 Å². The molecule has 1 aliphatic heterocycles. The Balaban J connectivity index is 1.64. The van der Waals surface area contributed by atoms with Crippen molar-refractivity contribution >= 4 is 39.3 Å². The molecule has 0 bridgehead atoms. The average Bonchev–Trinajstić information content (AvgIpc) is 3.10. The van der Waals surface area contributed by atoms with Gasteiger partial charge >= 0.3 is 0 Å². The Morgan fingerprint density at radius 3 is 2.57 bits per heavy atom. The molecule has 1 aliphatic rings. The summed E-state index contributed by atoms with van der Waals surface area (Å²) in [7, 11) is 1.63. The van der Waals surface area contributed by atoms with E-state index in [2.05, 4.69) is 50.3 Å². The van der Waals surface area contributed by atoms with E-state index >= 15 is 0 Å². The monoisotopic (exact) mass is 490 g/mol. The SMILES string of the molecule is COc1ccc(C(=O)c2cn(CCN3CCOCC3)c3cc(I)ccc23)cc1. The normalized spacial score (nSPS) is 15.1. The number of morpholine rings is 1. The summed E-state index contributed by atoms with van der Waals surface area (Å²) in [5.41, 5.74) is 2.53. The smallest absolute Gasteiger partial charge is 0.195 e. The molecule has 3 aromatic rings. The molecule has 0 unspecified atom stereocenters. The van der Waals surface area contributed by atoms with Crippen molar-refractivity contribution < 1.29 is 14.3 Å². The van der Waals surface area contributed by atoms with Crippen LogP contribution in [0, 0.1) is 3.57 Å². The number of rotatable bonds is 6. The van der Waals surface area contributed by atoms with Gasteiger partial charge in [0.1, 0.15) is 5.75 Å². The second kappa shape index (κ2) is 8.63. The van der Waals surface area contributed by atoms with Gasteiger partial charge in [-0.15, -0.1) is 0 Å². The number of fused-ring (bicyclic) bond motifs is 1. The van der Waals surface area contributed by atoms with Crippen LogP contribution in [0.15, 0.2) is 48.7 Å². The van der Waals surface area contributed by atoms with Crippen LogP contribution >= 0.6 is 22.6 Å². The van der Waals surface area contributed by atoms with Crippen LogP contribution in [-0.2, 0) is 11.3 Å². The Bertz CT molecular complexity index is 975. The summed E-state index contributed by atoms with van der Waals surface area (Å²) in [6.07, 6.45) is 2.01. The largest absolute Gasteiger partial charge is 0.497 e. The van der Waals surface area contributed by atoms with Crippen molar-refractivity contribution in [1.82, 2.24) is 9.47 Å². The van der Waals surface area contributed by atoms with Gasteiger partial charge in [0, 0.05) is 58.0 Å². The van der Waals surface area contributed by atoms with Crippen molar-refractivity contribution in [2.24, 2.45) is 0 Å². The molecule has 0 radical (unpaired) electrons. The van der Waals surface area contributed by atoms with E-state index in [-0.39, 0.29) is 5.78 Å². The van der Waals surface area contributed by atoms with Crippen LogP contribution in [0.4, 0.5) is 0 Å². The molecule has 4 rings (SSSR count). The number of hydrogen-bond acceptors (Lipinski definition) is 4. The third-order valence-electron chi connectivity index (χ3n) is 5.20. The van der Waals surface area contributed by atoms with E-state index in [1.165, 1.54) is 3.57 Å². The van der Waals surface area contributed by atoms with Gasteiger partial charge in [-0.05, 0) is 59.0 Å². The lowest BCUT2D eigenvalue weighted by Crippen LogP contribution is -2.38. The summed E-state index contributed by atoms with van der Waals surface area (Å²) in [4.78, 5) is 15.6. The topological polar surface area (TPSA) is 43.7 Å². The van der Waals surface area contributed by atoms with Crippen LogP contribution in [0.5, 0.6) is 5.75 Å². The fourth-order valence-electron chi connectivity index (χ4n) is 3.60. The van der Waals surface area contributed by atoms with E-state index in [0.29, 0.717) is 5.56 Å². The number of ketones is 1. The fraction of sp³-hybridized carbons (Fsp3) is 0.318. The predicted molar refractivity (Wildman–Crippen MR) is 118 cm³/mol. The highest BCUT2D eigenvalue weighted by Crippen LogP contribution is 2.26. The molecule has 0 saturated carbocycles.